The molecule has 0 saturated carbocycles. The minimum Gasteiger partial charge on any atom is -0.309 e. The summed E-state index contributed by atoms with van der Waals surface area (Å²) in [4.78, 5) is 4.52. The SMILES string of the molecule is CC(C)c1ccc(C2CCCN2)nc1. The van der Waals surface area contributed by atoms with Gasteiger partial charge in [-0.25, -0.2) is 0 Å². The zero-order valence-corrected chi connectivity index (χ0v) is 8.96. The van der Waals surface area contributed by atoms with Crippen molar-refractivity contribution in [2.45, 2.75) is 38.6 Å². The molecule has 0 bridgehead atoms. The third-order valence-corrected chi connectivity index (χ3v) is 2.89. The largest absolute Gasteiger partial charge is 0.309 e. The first-order valence-electron chi connectivity index (χ1n) is 5.46. The summed E-state index contributed by atoms with van der Waals surface area (Å²) in [5.74, 6) is 0.577. The molecule has 1 unspecified atom stereocenters. The van der Waals surface area contributed by atoms with Gasteiger partial charge in [0.15, 0.2) is 0 Å². The van der Waals surface area contributed by atoms with Gasteiger partial charge >= 0.3 is 0 Å². The summed E-state index contributed by atoms with van der Waals surface area (Å²) in [5.41, 5.74) is 2.53. The summed E-state index contributed by atoms with van der Waals surface area (Å²) in [6, 6.07) is 4.86. The highest BCUT2D eigenvalue weighted by Gasteiger charge is 2.16. The number of nitrogens with one attached hydrogen (secondary N) is 1. The number of pyridine rings is 1. The monoisotopic (exact) mass is 190 g/mol. The zero-order chi connectivity index (χ0) is 9.97. The molecule has 2 nitrogen and oxygen atoms in total. The maximum absolute atomic E-state index is 4.52. The number of nitrogens with zero attached hydrogens (tertiary/aromatic N) is 1. The van der Waals surface area contributed by atoms with E-state index in [1.807, 2.05) is 6.20 Å². The second-order valence-electron chi connectivity index (χ2n) is 4.32. The van der Waals surface area contributed by atoms with Crippen molar-refractivity contribution in [2.75, 3.05) is 6.54 Å². The Bertz CT molecular complexity index is 284. The van der Waals surface area contributed by atoms with Crippen LogP contribution in [-0.4, -0.2) is 11.5 Å². The molecule has 1 saturated heterocycles. The summed E-state index contributed by atoms with van der Waals surface area (Å²) >= 11 is 0. The molecule has 1 N–H and O–H groups in total. The molecule has 2 heterocycles. The molecular formula is C12H18N2. The Morgan fingerprint density at radius 2 is 2.29 bits per heavy atom. The Morgan fingerprint density at radius 3 is 2.79 bits per heavy atom. The van der Waals surface area contributed by atoms with Gasteiger partial charge in [0.05, 0.1) is 5.69 Å². The minimum atomic E-state index is 0.496. The van der Waals surface area contributed by atoms with E-state index >= 15 is 0 Å². The molecule has 0 amide bonds. The summed E-state index contributed by atoms with van der Waals surface area (Å²) in [6.45, 7) is 5.54. The lowest BCUT2D eigenvalue weighted by molar-refractivity contribution is 0.626. The maximum Gasteiger partial charge on any atom is 0.0573 e. The van der Waals surface area contributed by atoms with Crippen LogP contribution in [0.25, 0.3) is 0 Å². The smallest absolute Gasteiger partial charge is 0.0573 e. The van der Waals surface area contributed by atoms with Gasteiger partial charge in [0, 0.05) is 12.2 Å². The molecule has 0 aliphatic carbocycles. The fraction of sp³-hybridized carbons (Fsp3) is 0.583. The molecule has 0 aromatic carbocycles. The van der Waals surface area contributed by atoms with Crippen LogP contribution in [-0.2, 0) is 0 Å². The van der Waals surface area contributed by atoms with Gasteiger partial charge in [-0.1, -0.05) is 19.9 Å². The van der Waals surface area contributed by atoms with Crippen LogP contribution in [0.1, 0.15) is 49.9 Å². The van der Waals surface area contributed by atoms with E-state index in [0.29, 0.717) is 12.0 Å². The molecule has 0 radical (unpaired) electrons. The van der Waals surface area contributed by atoms with Gasteiger partial charge in [-0.05, 0) is 36.9 Å². The van der Waals surface area contributed by atoms with Crippen LogP contribution in [0.4, 0.5) is 0 Å². The molecule has 2 rings (SSSR count). The van der Waals surface area contributed by atoms with E-state index in [-0.39, 0.29) is 0 Å². The van der Waals surface area contributed by atoms with Crippen LogP contribution < -0.4 is 5.32 Å². The van der Waals surface area contributed by atoms with E-state index in [1.165, 1.54) is 24.1 Å². The Kier molecular flexibility index (Phi) is 2.82. The van der Waals surface area contributed by atoms with Gasteiger partial charge in [0.25, 0.3) is 0 Å². The lowest BCUT2D eigenvalue weighted by Gasteiger charge is -2.11. The Balaban J connectivity index is 2.12. The van der Waals surface area contributed by atoms with E-state index in [2.05, 4.69) is 36.3 Å². The maximum atomic E-state index is 4.52. The fourth-order valence-corrected chi connectivity index (χ4v) is 1.90. The normalized spacial score (nSPS) is 21.8. The molecule has 1 fully saturated rings. The third-order valence-electron chi connectivity index (χ3n) is 2.89. The van der Waals surface area contributed by atoms with Crippen LogP contribution in [0.5, 0.6) is 0 Å². The predicted octanol–water partition coefficient (Wildman–Crippen LogP) is 2.63. The molecule has 1 aliphatic heterocycles. The first-order chi connectivity index (χ1) is 6.77. The highest BCUT2D eigenvalue weighted by Crippen LogP contribution is 2.22. The molecule has 2 heteroatoms. The average Bonchev–Trinajstić information content (AvgIpc) is 2.71. The van der Waals surface area contributed by atoms with Gasteiger partial charge < -0.3 is 5.32 Å². The van der Waals surface area contributed by atoms with Crippen LogP contribution in [0, 0.1) is 0 Å². The first-order valence-corrected chi connectivity index (χ1v) is 5.46. The zero-order valence-electron chi connectivity index (χ0n) is 8.96. The molecule has 1 aromatic heterocycles. The van der Waals surface area contributed by atoms with Crippen LogP contribution >= 0.6 is 0 Å². The van der Waals surface area contributed by atoms with E-state index in [4.69, 9.17) is 0 Å². The average molecular weight is 190 g/mol. The van der Waals surface area contributed by atoms with Crippen molar-refractivity contribution in [3.63, 3.8) is 0 Å². The van der Waals surface area contributed by atoms with E-state index < -0.39 is 0 Å². The predicted molar refractivity (Wildman–Crippen MR) is 58.3 cm³/mol. The van der Waals surface area contributed by atoms with E-state index in [0.717, 1.165) is 6.54 Å². The number of hydrogen-bond donors (Lipinski definition) is 1. The summed E-state index contributed by atoms with van der Waals surface area (Å²) in [6.07, 6.45) is 4.52. The number of aromatic nitrogens is 1. The Morgan fingerprint density at radius 1 is 1.43 bits per heavy atom. The van der Waals surface area contributed by atoms with Gasteiger partial charge in [-0.15, -0.1) is 0 Å². The van der Waals surface area contributed by atoms with Gasteiger partial charge in [0.2, 0.25) is 0 Å². The number of rotatable bonds is 2. The number of hydrogen-bond acceptors (Lipinski definition) is 2. The lowest BCUT2D eigenvalue weighted by Crippen LogP contribution is -2.14. The summed E-state index contributed by atoms with van der Waals surface area (Å²) < 4.78 is 0. The highest BCUT2D eigenvalue weighted by molar-refractivity contribution is 5.19. The van der Waals surface area contributed by atoms with Gasteiger partial charge in [-0.3, -0.25) is 4.98 Å². The van der Waals surface area contributed by atoms with Crippen molar-refractivity contribution in [1.29, 1.82) is 0 Å². The van der Waals surface area contributed by atoms with Crippen LogP contribution in [0.15, 0.2) is 18.3 Å². The standard InChI is InChI=1S/C12H18N2/c1-9(2)10-5-6-12(14-8-10)11-4-3-7-13-11/h5-6,8-9,11,13H,3-4,7H2,1-2H3. The Hall–Kier alpha value is -0.890. The van der Waals surface area contributed by atoms with Crippen LogP contribution in [0.2, 0.25) is 0 Å². The molecule has 1 aromatic rings. The second kappa shape index (κ2) is 4.09. The molecule has 76 valence electrons. The minimum absolute atomic E-state index is 0.496. The van der Waals surface area contributed by atoms with Crippen molar-refractivity contribution in [3.8, 4) is 0 Å². The topological polar surface area (TPSA) is 24.9 Å². The lowest BCUT2D eigenvalue weighted by atomic mass is 10.0. The van der Waals surface area contributed by atoms with Crippen molar-refractivity contribution in [2.24, 2.45) is 0 Å². The van der Waals surface area contributed by atoms with Crippen molar-refractivity contribution < 1.29 is 0 Å². The van der Waals surface area contributed by atoms with Crippen LogP contribution in [0.3, 0.4) is 0 Å². The van der Waals surface area contributed by atoms with E-state index in [9.17, 15) is 0 Å². The molecule has 0 spiro atoms. The molecule has 14 heavy (non-hydrogen) atoms. The van der Waals surface area contributed by atoms with Crippen molar-refractivity contribution in [3.05, 3.63) is 29.6 Å². The fourth-order valence-electron chi connectivity index (χ4n) is 1.90. The molecular weight excluding hydrogens is 172 g/mol. The van der Waals surface area contributed by atoms with Gasteiger partial charge in [0.1, 0.15) is 0 Å². The van der Waals surface area contributed by atoms with Crippen molar-refractivity contribution in [1.82, 2.24) is 10.3 Å². The summed E-state index contributed by atoms with van der Waals surface area (Å²) in [5, 5.41) is 3.46. The van der Waals surface area contributed by atoms with E-state index in [1.54, 1.807) is 0 Å². The first kappa shape index (κ1) is 9.66. The van der Waals surface area contributed by atoms with Crippen molar-refractivity contribution >= 4 is 0 Å². The second-order valence-corrected chi connectivity index (χ2v) is 4.32. The highest BCUT2D eigenvalue weighted by atomic mass is 15.0. The quantitative estimate of drug-likeness (QED) is 0.775. The summed E-state index contributed by atoms with van der Waals surface area (Å²) in [7, 11) is 0. The molecule has 1 atom stereocenters. The molecule has 1 aliphatic rings. The van der Waals surface area contributed by atoms with Gasteiger partial charge in [-0.2, -0.15) is 0 Å². The Labute approximate surface area is 85.7 Å². The third kappa shape index (κ3) is 1.95.